The van der Waals surface area contributed by atoms with Crippen LogP contribution in [0.4, 0.5) is 5.69 Å². The molecular weight excluding hydrogens is 350 g/mol. The monoisotopic (exact) mass is 377 g/mol. The van der Waals surface area contributed by atoms with E-state index in [1.165, 1.54) is 12.8 Å². The zero-order valence-corrected chi connectivity index (χ0v) is 16.5. The van der Waals surface area contributed by atoms with Crippen molar-refractivity contribution >= 4 is 22.5 Å². The lowest BCUT2D eigenvalue weighted by Crippen LogP contribution is -2.14. The standard InChI is InChI=1S/C23H27N3O2/c1-15-22(23(27)25-17-7-5-6-16(12-17)14-24)20-13-19(28-2)10-11-21(20)26(15)18-8-3-4-9-18/h5-7,10-13,18H,3-4,8-9,14,24H2,1-2H3,(H,25,27). The Morgan fingerprint density at radius 2 is 2.00 bits per heavy atom. The minimum Gasteiger partial charge on any atom is -0.497 e. The molecule has 3 N–H and O–H groups in total. The molecule has 3 aromatic rings. The first-order valence-corrected chi connectivity index (χ1v) is 9.91. The van der Waals surface area contributed by atoms with Crippen molar-refractivity contribution in [3.8, 4) is 5.75 Å². The smallest absolute Gasteiger partial charge is 0.258 e. The SMILES string of the molecule is COc1ccc2c(c1)c(C(=O)Nc1cccc(CN)c1)c(C)n2C1CCCC1. The highest BCUT2D eigenvalue weighted by molar-refractivity contribution is 6.14. The fourth-order valence-electron chi connectivity index (χ4n) is 4.44. The number of carbonyl (C=O) groups is 1. The lowest BCUT2D eigenvalue weighted by atomic mass is 10.1. The minimum absolute atomic E-state index is 0.0957. The van der Waals surface area contributed by atoms with Gasteiger partial charge in [-0.25, -0.2) is 0 Å². The van der Waals surface area contributed by atoms with Gasteiger partial charge in [-0.05, 0) is 55.7 Å². The van der Waals surface area contributed by atoms with Crippen molar-refractivity contribution in [3.63, 3.8) is 0 Å². The van der Waals surface area contributed by atoms with Crippen molar-refractivity contribution in [1.29, 1.82) is 0 Å². The van der Waals surface area contributed by atoms with Crippen molar-refractivity contribution < 1.29 is 9.53 Å². The summed E-state index contributed by atoms with van der Waals surface area (Å²) in [5.41, 5.74) is 10.3. The Labute approximate surface area is 165 Å². The molecule has 0 atom stereocenters. The van der Waals surface area contributed by atoms with Crippen LogP contribution < -0.4 is 15.8 Å². The topological polar surface area (TPSA) is 69.3 Å². The summed E-state index contributed by atoms with van der Waals surface area (Å²) in [4.78, 5) is 13.3. The summed E-state index contributed by atoms with van der Waals surface area (Å²) in [5.74, 6) is 0.664. The molecule has 0 saturated heterocycles. The third-order valence-corrected chi connectivity index (χ3v) is 5.79. The first kappa shape index (κ1) is 18.6. The van der Waals surface area contributed by atoms with E-state index in [9.17, 15) is 4.79 Å². The fourth-order valence-corrected chi connectivity index (χ4v) is 4.44. The van der Waals surface area contributed by atoms with Crippen molar-refractivity contribution in [2.24, 2.45) is 5.73 Å². The van der Waals surface area contributed by atoms with Crippen molar-refractivity contribution in [3.05, 3.63) is 59.3 Å². The molecule has 5 nitrogen and oxygen atoms in total. The highest BCUT2D eigenvalue weighted by atomic mass is 16.5. The molecule has 5 heteroatoms. The highest BCUT2D eigenvalue weighted by Gasteiger charge is 2.26. The number of ether oxygens (including phenoxy) is 1. The third kappa shape index (κ3) is 3.27. The predicted molar refractivity (Wildman–Crippen MR) is 113 cm³/mol. The second-order valence-corrected chi connectivity index (χ2v) is 7.51. The van der Waals surface area contributed by atoms with Gasteiger partial charge in [0.2, 0.25) is 0 Å². The number of amides is 1. The molecule has 1 amide bonds. The lowest BCUT2D eigenvalue weighted by molar-refractivity contribution is 0.102. The maximum atomic E-state index is 13.3. The van der Waals surface area contributed by atoms with Crippen LogP contribution in [0.2, 0.25) is 0 Å². The van der Waals surface area contributed by atoms with Gasteiger partial charge in [0.15, 0.2) is 0 Å². The van der Waals surface area contributed by atoms with E-state index in [1.54, 1.807) is 7.11 Å². The minimum atomic E-state index is -0.0957. The van der Waals surface area contributed by atoms with Gasteiger partial charge >= 0.3 is 0 Å². The fraction of sp³-hybridized carbons (Fsp3) is 0.348. The Kier molecular flexibility index (Phi) is 5.09. The van der Waals surface area contributed by atoms with Crippen molar-refractivity contribution in [2.45, 2.75) is 45.2 Å². The van der Waals surface area contributed by atoms with Gasteiger partial charge in [-0.1, -0.05) is 25.0 Å². The summed E-state index contributed by atoms with van der Waals surface area (Å²) in [6.07, 6.45) is 4.81. The molecular formula is C23H27N3O2. The molecule has 0 bridgehead atoms. The molecule has 4 rings (SSSR count). The van der Waals surface area contributed by atoms with Crippen LogP contribution in [0, 0.1) is 6.92 Å². The Morgan fingerprint density at radius 3 is 2.71 bits per heavy atom. The summed E-state index contributed by atoms with van der Waals surface area (Å²) in [7, 11) is 1.65. The number of aromatic nitrogens is 1. The molecule has 0 unspecified atom stereocenters. The molecule has 1 saturated carbocycles. The molecule has 1 fully saturated rings. The summed E-state index contributed by atoms with van der Waals surface area (Å²) in [5, 5.41) is 4.00. The number of carbonyl (C=O) groups excluding carboxylic acids is 1. The van der Waals surface area contributed by atoms with Crippen LogP contribution in [0.1, 0.15) is 53.3 Å². The summed E-state index contributed by atoms with van der Waals surface area (Å²) < 4.78 is 7.78. The number of anilines is 1. The van der Waals surface area contributed by atoms with Gasteiger partial charge in [-0.2, -0.15) is 0 Å². The zero-order valence-electron chi connectivity index (χ0n) is 16.5. The van der Waals surface area contributed by atoms with Gasteiger partial charge in [0.1, 0.15) is 5.75 Å². The van der Waals surface area contributed by atoms with Crippen LogP contribution in [-0.2, 0) is 6.54 Å². The Balaban J connectivity index is 1.80. The van der Waals surface area contributed by atoms with Crippen LogP contribution in [-0.4, -0.2) is 17.6 Å². The van der Waals surface area contributed by atoms with Crippen LogP contribution in [0.25, 0.3) is 10.9 Å². The van der Waals surface area contributed by atoms with Crippen LogP contribution in [0.3, 0.4) is 0 Å². The third-order valence-electron chi connectivity index (χ3n) is 5.79. The van der Waals surface area contributed by atoms with Crippen molar-refractivity contribution in [2.75, 3.05) is 12.4 Å². The van der Waals surface area contributed by atoms with Gasteiger partial charge in [0, 0.05) is 34.9 Å². The lowest BCUT2D eigenvalue weighted by Gasteiger charge is -2.16. The number of benzene rings is 2. The summed E-state index contributed by atoms with van der Waals surface area (Å²) in [6.45, 7) is 2.50. The van der Waals surface area contributed by atoms with E-state index in [0.29, 0.717) is 12.6 Å². The maximum absolute atomic E-state index is 13.3. The van der Waals surface area contributed by atoms with Crippen molar-refractivity contribution in [1.82, 2.24) is 4.57 Å². The number of rotatable bonds is 5. The average Bonchev–Trinajstić information content (AvgIpc) is 3.32. The normalized spacial score (nSPS) is 14.5. The molecule has 2 aromatic carbocycles. The van der Waals surface area contributed by atoms with E-state index in [2.05, 4.69) is 22.9 Å². The molecule has 0 spiro atoms. The molecule has 1 aromatic heterocycles. The average molecular weight is 377 g/mol. The molecule has 28 heavy (non-hydrogen) atoms. The Morgan fingerprint density at radius 1 is 1.21 bits per heavy atom. The van der Waals surface area contributed by atoms with Gasteiger partial charge in [-0.15, -0.1) is 0 Å². The van der Waals surface area contributed by atoms with Gasteiger partial charge < -0.3 is 20.4 Å². The van der Waals surface area contributed by atoms with E-state index in [4.69, 9.17) is 10.5 Å². The van der Waals surface area contributed by atoms with E-state index in [0.717, 1.165) is 52.0 Å². The van der Waals surface area contributed by atoms with Gasteiger partial charge in [0.25, 0.3) is 5.91 Å². The summed E-state index contributed by atoms with van der Waals surface area (Å²) >= 11 is 0. The largest absolute Gasteiger partial charge is 0.497 e. The van der Waals surface area contributed by atoms with Crippen LogP contribution in [0.15, 0.2) is 42.5 Å². The van der Waals surface area contributed by atoms with E-state index in [-0.39, 0.29) is 5.91 Å². The second kappa shape index (κ2) is 7.68. The van der Waals surface area contributed by atoms with E-state index < -0.39 is 0 Å². The molecule has 146 valence electrons. The predicted octanol–water partition coefficient (Wildman–Crippen LogP) is 4.78. The van der Waals surface area contributed by atoms with E-state index >= 15 is 0 Å². The van der Waals surface area contributed by atoms with Gasteiger partial charge in [0.05, 0.1) is 12.7 Å². The first-order valence-electron chi connectivity index (χ1n) is 9.91. The number of nitrogens with zero attached hydrogens (tertiary/aromatic N) is 1. The van der Waals surface area contributed by atoms with Gasteiger partial charge in [-0.3, -0.25) is 4.79 Å². The van der Waals surface area contributed by atoms with Crippen LogP contribution in [0.5, 0.6) is 5.75 Å². The molecule has 1 aliphatic carbocycles. The number of nitrogens with one attached hydrogen (secondary N) is 1. The molecule has 0 radical (unpaired) electrons. The molecule has 1 heterocycles. The number of fused-ring (bicyclic) bond motifs is 1. The first-order chi connectivity index (χ1) is 13.6. The number of nitrogens with two attached hydrogens (primary N) is 1. The summed E-state index contributed by atoms with van der Waals surface area (Å²) in [6, 6.07) is 14.2. The Bertz CT molecular complexity index is 1020. The molecule has 1 aliphatic rings. The van der Waals surface area contributed by atoms with Crippen LogP contribution >= 0.6 is 0 Å². The number of hydrogen-bond donors (Lipinski definition) is 2. The quantitative estimate of drug-likeness (QED) is 0.672. The second-order valence-electron chi connectivity index (χ2n) is 7.51. The number of methoxy groups -OCH3 is 1. The molecule has 0 aliphatic heterocycles. The zero-order chi connectivity index (χ0) is 19.7. The maximum Gasteiger partial charge on any atom is 0.258 e. The number of hydrogen-bond acceptors (Lipinski definition) is 3. The Hall–Kier alpha value is -2.79. The highest BCUT2D eigenvalue weighted by Crippen LogP contribution is 2.38. The van der Waals surface area contributed by atoms with E-state index in [1.807, 2.05) is 36.4 Å².